The largest absolute Gasteiger partial charge is 0.391 e. The molecule has 1 aromatic carbocycles. The van der Waals surface area contributed by atoms with Crippen molar-refractivity contribution in [3.05, 3.63) is 35.9 Å². The smallest absolute Gasteiger partial charge is 0.194 e. The fourth-order valence-electron chi connectivity index (χ4n) is 3.04. The summed E-state index contributed by atoms with van der Waals surface area (Å²) in [4.78, 5) is 6.92. The molecular weight excluding hydrogens is 302 g/mol. The fourth-order valence-corrected chi connectivity index (χ4v) is 3.04. The van der Waals surface area contributed by atoms with E-state index in [0.29, 0.717) is 19.1 Å². The highest BCUT2D eigenvalue weighted by Gasteiger charge is 2.21. The van der Waals surface area contributed by atoms with E-state index >= 15 is 0 Å². The van der Waals surface area contributed by atoms with Gasteiger partial charge in [0.05, 0.1) is 18.8 Å². The first kappa shape index (κ1) is 18.7. The molecule has 0 spiro atoms. The molecule has 1 aromatic rings. The Morgan fingerprint density at radius 1 is 1.29 bits per heavy atom. The van der Waals surface area contributed by atoms with E-state index in [4.69, 9.17) is 4.74 Å². The Kier molecular flexibility index (Phi) is 8.05. The Morgan fingerprint density at radius 3 is 2.62 bits per heavy atom. The molecule has 1 unspecified atom stereocenters. The number of aliphatic hydroxyl groups is 1. The van der Waals surface area contributed by atoms with Crippen LogP contribution in [0.2, 0.25) is 0 Å². The van der Waals surface area contributed by atoms with Crippen LogP contribution in [-0.4, -0.2) is 61.0 Å². The first-order valence-corrected chi connectivity index (χ1v) is 9.09. The van der Waals surface area contributed by atoms with Crippen molar-refractivity contribution in [3.8, 4) is 0 Å². The fraction of sp³-hybridized carbons (Fsp3) is 0.632. The number of hydrogen-bond donors (Lipinski definition) is 2. The van der Waals surface area contributed by atoms with Crippen molar-refractivity contribution < 1.29 is 9.84 Å². The second-order valence-electron chi connectivity index (χ2n) is 6.18. The summed E-state index contributed by atoms with van der Waals surface area (Å²) in [5.74, 6) is 0.902. The zero-order valence-corrected chi connectivity index (χ0v) is 14.9. The van der Waals surface area contributed by atoms with Gasteiger partial charge in [0.2, 0.25) is 0 Å². The van der Waals surface area contributed by atoms with Crippen molar-refractivity contribution in [2.75, 3.05) is 32.8 Å². The number of nitrogens with zero attached hydrogens (tertiary/aromatic N) is 2. The monoisotopic (exact) mass is 333 g/mol. The van der Waals surface area contributed by atoms with Crippen molar-refractivity contribution in [1.29, 1.82) is 0 Å². The number of hydrogen-bond acceptors (Lipinski definition) is 3. The van der Waals surface area contributed by atoms with Gasteiger partial charge in [-0.05, 0) is 32.3 Å². The highest BCUT2D eigenvalue weighted by Crippen LogP contribution is 2.14. The lowest BCUT2D eigenvalue weighted by Gasteiger charge is -2.34. The van der Waals surface area contributed by atoms with Gasteiger partial charge in [-0.15, -0.1) is 0 Å². The molecule has 0 aromatic heterocycles. The van der Waals surface area contributed by atoms with Crippen LogP contribution in [0.1, 0.15) is 32.3 Å². The van der Waals surface area contributed by atoms with Crippen LogP contribution in [0.3, 0.4) is 0 Å². The molecule has 1 saturated heterocycles. The second kappa shape index (κ2) is 10.3. The zero-order valence-electron chi connectivity index (χ0n) is 14.9. The summed E-state index contributed by atoms with van der Waals surface area (Å²) >= 11 is 0. The van der Waals surface area contributed by atoms with E-state index < -0.39 is 6.10 Å². The third kappa shape index (κ3) is 6.13. The molecule has 1 aliphatic heterocycles. The molecule has 2 N–H and O–H groups in total. The van der Waals surface area contributed by atoms with Crippen molar-refractivity contribution in [1.82, 2.24) is 10.2 Å². The van der Waals surface area contributed by atoms with Gasteiger partial charge in [0, 0.05) is 32.7 Å². The number of nitrogens with one attached hydrogen (secondary N) is 1. The van der Waals surface area contributed by atoms with E-state index in [0.717, 1.165) is 50.6 Å². The van der Waals surface area contributed by atoms with Crippen molar-refractivity contribution in [2.45, 2.75) is 45.3 Å². The second-order valence-corrected chi connectivity index (χ2v) is 6.18. The predicted octanol–water partition coefficient (Wildman–Crippen LogP) is 2.06. The van der Waals surface area contributed by atoms with E-state index in [1.54, 1.807) is 0 Å². The van der Waals surface area contributed by atoms with Crippen LogP contribution in [0.5, 0.6) is 0 Å². The summed E-state index contributed by atoms with van der Waals surface area (Å²) in [5.41, 5.74) is 1.14. The molecular formula is C19H31N3O2. The minimum atomic E-state index is -0.456. The molecule has 5 nitrogen and oxygen atoms in total. The Morgan fingerprint density at radius 2 is 2.00 bits per heavy atom. The van der Waals surface area contributed by atoms with Gasteiger partial charge in [0.25, 0.3) is 0 Å². The van der Waals surface area contributed by atoms with Gasteiger partial charge in [-0.1, -0.05) is 30.3 Å². The lowest BCUT2D eigenvalue weighted by molar-refractivity contribution is 0.0263. The number of aliphatic imine (C=N–C) groups is 1. The van der Waals surface area contributed by atoms with Crippen LogP contribution in [0.4, 0.5) is 0 Å². The van der Waals surface area contributed by atoms with Gasteiger partial charge in [-0.3, -0.25) is 4.99 Å². The Hall–Kier alpha value is -1.59. The standard InChI is InChI=1S/C19H31N3O2/c1-3-20-19(22-12-10-18(11-13-22)24-4-2)21-15-17(23)14-16-8-6-5-7-9-16/h5-9,17-18,23H,3-4,10-15H2,1-2H3,(H,20,21). The van der Waals surface area contributed by atoms with Gasteiger partial charge < -0.3 is 20.1 Å². The number of guanidine groups is 1. The van der Waals surface area contributed by atoms with E-state index in [9.17, 15) is 5.11 Å². The normalized spacial score (nSPS) is 17.8. The Labute approximate surface area is 145 Å². The third-order valence-corrected chi connectivity index (χ3v) is 4.24. The molecule has 1 fully saturated rings. The van der Waals surface area contributed by atoms with Crippen LogP contribution in [0, 0.1) is 0 Å². The number of ether oxygens (including phenoxy) is 1. The van der Waals surface area contributed by atoms with E-state index in [-0.39, 0.29) is 0 Å². The van der Waals surface area contributed by atoms with Crippen molar-refractivity contribution in [3.63, 3.8) is 0 Å². The molecule has 134 valence electrons. The summed E-state index contributed by atoms with van der Waals surface area (Å²) < 4.78 is 5.71. The Balaban J connectivity index is 1.86. The van der Waals surface area contributed by atoms with E-state index in [2.05, 4.69) is 22.1 Å². The predicted molar refractivity (Wildman–Crippen MR) is 98.4 cm³/mol. The van der Waals surface area contributed by atoms with Gasteiger partial charge in [-0.2, -0.15) is 0 Å². The highest BCUT2D eigenvalue weighted by atomic mass is 16.5. The number of likely N-dealkylation sites (tertiary alicyclic amines) is 1. The average molecular weight is 333 g/mol. The molecule has 1 aliphatic rings. The van der Waals surface area contributed by atoms with Crippen LogP contribution in [0.15, 0.2) is 35.3 Å². The van der Waals surface area contributed by atoms with Crippen molar-refractivity contribution in [2.24, 2.45) is 4.99 Å². The first-order valence-electron chi connectivity index (χ1n) is 9.09. The summed E-state index contributed by atoms with van der Waals surface area (Å²) in [5, 5.41) is 13.6. The lowest BCUT2D eigenvalue weighted by atomic mass is 10.1. The molecule has 0 saturated carbocycles. The summed E-state index contributed by atoms with van der Waals surface area (Å²) in [6.07, 6.45) is 2.62. The lowest BCUT2D eigenvalue weighted by Crippen LogP contribution is -2.47. The van der Waals surface area contributed by atoms with E-state index in [1.807, 2.05) is 37.3 Å². The number of aliphatic hydroxyl groups excluding tert-OH is 1. The molecule has 1 heterocycles. The summed E-state index contributed by atoms with van der Waals surface area (Å²) in [6, 6.07) is 10.1. The maximum Gasteiger partial charge on any atom is 0.194 e. The summed E-state index contributed by atoms with van der Waals surface area (Å²) in [6.45, 7) is 8.05. The maximum atomic E-state index is 10.3. The molecule has 0 aliphatic carbocycles. The average Bonchev–Trinajstić information content (AvgIpc) is 2.60. The number of piperidine rings is 1. The maximum absolute atomic E-state index is 10.3. The van der Waals surface area contributed by atoms with Crippen molar-refractivity contribution >= 4 is 5.96 Å². The molecule has 2 rings (SSSR count). The van der Waals surface area contributed by atoms with Crippen LogP contribution in [0.25, 0.3) is 0 Å². The van der Waals surface area contributed by atoms with Gasteiger partial charge in [0.15, 0.2) is 5.96 Å². The SMILES string of the molecule is CCNC(=NCC(O)Cc1ccccc1)N1CCC(OCC)CC1. The highest BCUT2D eigenvalue weighted by molar-refractivity contribution is 5.80. The molecule has 0 radical (unpaired) electrons. The van der Waals surface area contributed by atoms with Gasteiger partial charge in [0.1, 0.15) is 0 Å². The summed E-state index contributed by atoms with van der Waals surface area (Å²) in [7, 11) is 0. The number of benzene rings is 1. The Bertz CT molecular complexity index is 485. The van der Waals surface area contributed by atoms with E-state index in [1.165, 1.54) is 0 Å². The minimum Gasteiger partial charge on any atom is -0.391 e. The molecule has 0 bridgehead atoms. The quantitative estimate of drug-likeness (QED) is 0.592. The minimum absolute atomic E-state index is 0.373. The molecule has 0 amide bonds. The number of rotatable bonds is 7. The van der Waals surface area contributed by atoms with Crippen LogP contribution >= 0.6 is 0 Å². The van der Waals surface area contributed by atoms with Crippen LogP contribution < -0.4 is 5.32 Å². The third-order valence-electron chi connectivity index (χ3n) is 4.24. The van der Waals surface area contributed by atoms with Crippen LogP contribution in [-0.2, 0) is 11.2 Å². The zero-order chi connectivity index (χ0) is 17.2. The van der Waals surface area contributed by atoms with Gasteiger partial charge >= 0.3 is 0 Å². The molecule has 1 atom stereocenters. The topological polar surface area (TPSA) is 57.1 Å². The molecule has 24 heavy (non-hydrogen) atoms. The molecule has 5 heteroatoms. The first-order chi connectivity index (χ1) is 11.7. The van der Waals surface area contributed by atoms with Gasteiger partial charge in [-0.25, -0.2) is 0 Å².